The first kappa shape index (κ1) is 17.2. The monoisotopic (exact) mass is 307 g/mol. The number of hydrogen-bond acceptors (Lipinski definition) is 2. The van der Waals surface area contributed by atoms with Crippen molar-refractivity contribution in [1.29, 1.82) is 0 Å². The fraction of sp³-hybridized carbons (Fsp3) is 0.286. The molecule has 23 heavy (non-hydrogen) atoms. The zero-order valence-electron chi connectivity index (χ0n) is 14.5. The zero-order valence-corrected chi connectivity index (χ0v) is 14.5. The second-order valence-corrected chi connectivity index (χ2v) is 6.27. The van der Waals surface area contributed by atoms with Gasteiger partial charge in [-0.2, -0.15) is 0 Å². The summed E-state index contributed by atoms with van der Waals surface area (Å²) in [5.74, 6) is 0.170. The van der Waals surface area contributed by atoms with Crippen molar-refractivity contribution < 1.29 is 4.79 Å². The molecule has 0 unspecified atom stereocenters. The average Bonchev–Trinajstić information content (AvgIpc) is 2.49. The van der Waals surface area contributed by atoms with Gasteiger partial charge in [0.2, 0.25) is 0 Å². The summed E-state index contributed by atoms with van der Waals surface area (Å²) in [5.41, 5.74) is 5.58. The molecule has 2 aromatic rings. The van der Waals surface area contributed by atoms with E-state index in [1.54, 1.807) is 0 Å². The molecular formula is C21H25NO. The Labute approximate surface area is 139 Å². The van der Waals surface area contributed by atoms with E-state index in [1.807, 2.05) is 38.2 Å². The Kier molecular flexibility index (Phi) is 5.89. The second kappa shape index (κ2) is 7.89. The number of hydrogen-bond donors (Lipinski definition) is 0. The van der Waals surface area contributed by atoms with Gasteiger partial charge in [-0.25, -0.2) is 0 Å². The van der Waals surface area contributed by atoms with Crippen molar-refractivity contribution in [2.24, 2.45) is 0 Å². The number of nitrogens with zero attached hydrogens (tertiary/aromatic N) is 1. The minimum absolute atomic E-state index is 0.170. The maximum atomic E-state index is 12.4. The van der Waals surface area contributed by atoms with Crippen LogP contribution in [0.3, 0.4) is 0 Å². The van der Waals surface area contributed by atoms with E-state index in [0.717, 1.165) is 17.7 Å². The molecule has 0 bridgehead atoms. The van der Waals surface area contributed by atoms with Crippen molar-refractivity contribution in [2.45, 2.75) is 27.3 Å². The maximum Gasteiger partial charge on any atom is 0.172 e. The Morgan fingerprint density at radius 3 is 2.52 bits per heavy atom. The highest BCUT2D eigenvalue weighted by Gasteiger charge is 2.10. The van der Waals surface area contributed by atoms with E-state index in [2.05, 4.69) is 49.1 Å². The minimum atomic E-state index is 0.170. The number of carbonyl (C=O) groups is 1. The summed E-state index contributed by atoms with van der Waals surface area (Å²) in [5, 5.41) is 0. The first-order valence-corrected chi connectivity index (χ1v) is 7.97. The largest absolute Gasteiger partial charge is 0.295 e. The van der Waals surface area contributed by atoms with Gasteiger partial charge >= 0.3 is 0 Å². The van der Waals surface area contributed by atoms with E-state index in [9.17, 15) is 4.79 Å². The molecule has 0 radical (unpaired) electrons. The molecule has 120 valence electrons. The number of rotatable bonds is 6. The second-order valence-electron chi connectivity index (χ2n) is 6.27. The Morgan fingerprint density at radius 1 is 1.09 bits per heavy atom. The van der Waals surface area contributed by atoms with E-state index in [4.69, 9.17) is 0 Å². The number of benzene rings is 2. The highest BCUT2D eigenvalue weighted by molar-refractivity contribution is 6.00. The van der Waals surface area contributed by atoms with E-state index in [0.29, 0.717) is 6.54 Å². The Bertz CT molecular complexity index is 715. The smallest absolute Gasteiger partial charge is 0.172 e. The SMILES string of the molecule is C/C(=C\c1ccccc1C)C(=O)CN(C)Cc1cccc(C)c1. The van der Waals surface area contributed by atoms with Gasteiger partial charge in [0, 0.05) is 6.54 Å². The van der Waals surface area contributed by atoms with Crippen molar-refractivity contribution in [3.8, 4) is 0 Å². The molecule has 0 N–H and O–H groups in total. The first-order valence-electron chi connectivity index (χ1n) is 7.97. The molecule has 0 aliphatic carbocycles. The molecule has 2 nitrogen and oxygen atoms in total. The van der Waals surface area contributed by atoms with E-state index in [-0.39, 0.29) is 5.78 Å². The lowest BCUT2D eigenvalue weighted by molar-refractivity contribution is -0.116. The predicted molar refractivity (Wildman–Crippen MR) is 97.4 cm³/mol. The third-order valence-corrected chi connectivity index (χ3v) is 3.95. The van der Waals surface area contributed by atoms with Crippen LogP contribution in [0.15, 0.2) is 54.1 Å². The quantitative estimate of drug-likeness (QED) is 0.737. The third-order valence-electron chi connectivity index (χ3n) is 3.95. The summed E-state index contributed by atoms with van der Waals surface area (Å²) < 4.78 is 0. The summed E-state index contributed by atoms with van der Waals surface area (Å²) in [6.45, 7) is 7.26. The Morgan fingerprint density at radius 2 is 1.83 bits per heavy atom. The van der Waals surface area contributed by atoms with Crippen LogP contribution in [-0.2, 0) is 11.3 Å². The topological polar surface area (TPSA) is 20.3 Å². The normalized spacial score (nSPS) is 11.8. The van der Waals surface area contributed by atoms with Crippen molar-refractivity contribution >= 4 is 11.9 Å². The molecule has 0 amide bonds. The van der Waals surface area contributed by atoms with Gasteiger partial charge in [-0.05, 0) is 56.2 Å². The highest BCUT2D eigenvalue weighted by atomic mass is 16.1. The molecule has 0 aromatic heterocycles. The zero-order chi connectivity index (χ0) is 16.8. The molecule has 0 heterocycles. The van der Waals surface area contributed by atoms with E-state index >= 15 is 0 Å². The van der Waals surface area contributed by atoms with Crippen molar-refractivity contribution in [3.63, 3.8) is 0 Å². The van der Waals surface area contributed by atoms with Crippen LogP contribution in [-0.4, -0.2) is 24.3 Å². The van der Waals surface area contributed by atoms with Crippen LogP contribution in [0.5, 0.6) is 0 Å². The number of carbonyl (C=O) groups excluding carboxylic acids is 1. The molecule has 2 heteroatoms. The molecular weight excluding hydrogens is 282 g/mol. The Hall–Kier alpha value is -2.19. The fourth-order valence-corrected chi connectivity index (χ4v) is 2.61. The van der Waals surface area contributed by atoms with Crippen molar-refractivity contribution in [3.05, 3.63) is 76.4 Å². The molecule has 2 rings (SSSR count). The molecule has 0 saturated heterocycles. The van der Waals surface area contributed by atoms with Gasteiger partial charge in [-0.3, -0.25) is 9.69 Å². The van der Waals surface area contributed by atoms with Gasteiger partial charge in [0.1, 0.15) is 0 Å². The van der Waals surface area contributed by atoms with Crippen LogP contribution >= 0.6 is 0 Å². The first-order chi connectivity index (χ1) is 11.0. The number of likely N-dealkylation sites (N-methyl/N-ethyl adjacent to an activating group) is 1. The van der Waals surface area contributed by atoms with Gasteiger partial charge in [0.25, 0.3) is 0 Å². The summed E-state index contributed by atoms with van der Waals surface area (Å²) in [6, 6.07) is 16.5. The lowest BCUT2D eigenvalue weighted by Crippen LogP contribution is -2.26. The molecule has 0 spiro atoms. The van der Waals surface area contributed by atoms with Gasteiger partial charge in [0.05, 0.1) is 6.54 Å². The van der Waals surface area contributed by atoms with Crippen LogP contribution in [0.1, 0.15) is 29.2 Å². The molecule has 0 atom stereocenters. The third kappa shape index (κ3) is 5.19. The fourth-order valence-electron chi connectivity index (χ4n) is 2.61. The Balaban J connectivity index is 1.99. The number of Topliss-reactive ketones (excluding diaryl/α,β-unsaturated/α-hetero) is 1. The average molecular weight is 307 g/mol. The van der Waals surface area contributed by atoms with Gasteiger partial charge in [-0.1, -0.05) is 54.1 Å². The summed E-state index contributed by atoms with van der Waals surface area (Å²) >= 11 is 0. The molecule has 0 aliphatic rings. The minimum Gasteiger partial charge on any atom is -0.295 e. The summed E-state index contributed by atoms with van der Waals surface area (Å²) in [6.07, 6.45) is 1.98. The highest BCUT2D eigenvalue weighted by Crippen LogP contribution is 2.13. The van der Waals surface area contributed by atoms with Crippen LogP contribution in [0.4, 0.5) is 0 Å². The number of ketones is 1. The van der Waals surface area contributed by atoms with Gasteiger partial charge < -0.3 is 0 Å². The lowest BCUT2D eigenvalue weighted by Gasteiger charge is -2.16. The van der Waals surface area contributed by atoms with Crippen molar-refractivity contribution in [2.75, 3.05) is 13.6 Å². The van der Waals surface area contributed by atoms with Gasteiger partial charge in [0.15, 0.2) is 5.78 Å². The van der Waals surface area contributed by atoms with Crippen LogP contribution in [0, 0.1) is 13.8 Å². The van der Waals surface area contributed by atoms with E-state index < -0.39 is 0 Å². The molecule has 0 saturated carbocycles. The van der Waals surface area contributed by atoms with Gasteiger partial charge in [-0.15, -0.1) is 0 Å². The standard InChI is InChI=1S/C21H25NO/c1-16-8-7-10-19(12-16)14-22(4)15-21(23)18(3)13-20-11-6-5-9-17(20)2/h5-13H,14-15H2,1-4H3/b18-13+. The van der Waals surface area contributed by atoms with Crippen LogP contribution in [0.2, 0.25) is 0 Å². The van der Waals surface area contributed by atoms with Crippen LogP contribution in [0.25, 0.3) is 6.08 Å². The predicted octanol–water partition coefficient (Wildman–Crippen LogP) is 4.41. The molecule has 0 aliphatic heterocycles. The summed E-state index contributed by atoms with van der Waals surface area (Å²) in [4.78, 5) is 14.5. The lowest BCUT2D eigenvalue weighted by atomic mass is 10.0. The van der Waals surface area contributed by atoms with E-state index in [1.165, 1.54) is 16.7 Å². The molecule has 2 aromatic carbocycles. The van der Waals surface area contributed by atoms with Crippen LogP contribution < -0.4 is 0 Å². The van der Waals surface area contributed by atoms with Crippen molar-refractivity contribution in [1.82, 2.24) is 4.90 Å². The summed E-state index contributed by atoms with van der Waals surface area (Å²) in [7, 11) is 1.99. The molecule has 0 fully saturated rings. The maximum absolute atomic E-state index is 12.4. The number of aryl methyl sites for hydroxylation is 2.